The number of hydrogen-bond donors (Lipinski definition) is 1. The molecular weight excluding hydrogens is 439 g/mol. The maximum absolute atomic E-state index is 14.7. The Labute approximate surface area is 195 Å². The van der Waals surface area contributed by atoms with Crippen LogP contribution in [0.15, 0.2) is 66.7 Å². The second-order valence-corrected chi connectivity index (χ2v) is 7.74. The molecule has 1 heterocycles. The van der Waals surface area contributed by atoms with Crippen molar-refractivity contribution >= 4 is 12.1 Å². The zero-order valence-electron chi connectivity index (χ0n) is 18.1. The zero-order chi connectivity index (χ0) is 24.1. The molecule has 1 amide bonds. The Bertz CT molecular complexity index is 1260. The van der Waals surface area contributed by atoms with Crippen molar-refractivity contribution in [1.29, 1.82) is 5.26 Å². The highest BCUT2D eigenvalue weighted by Gasteiger charge is 2.36. The number of amides is 1. The van der Waals surface area contributed by atoms with E-state index in [0.29, 0.717) is 22.3 Å². The highest BCUT2D eigenvalue weighted by Crippen LogP contribution is 2.41. The van der Waals surface area contributed by atoms with E-state index >= 15 is 0 Å². The fourth-order valence-corrected chi connectivity index (χ4v) is 4.06. The summed E-state index contributed by atoms with van der Waals surface area (Å²) in [6.07, 6.45) is -0.335. The number of carboxylic acid groups (broad SMARTS) is 1. The van der Waals surface area contributed by atoms with Gasteiger partial charge in [0, 0.05) is 12.1 Å². The van der Waals surface area contributed by atoms with Crippen molar-refractivity contribution in [2.24, 2.45) is 0 Å². The summed E-state index contributed by atoms with van der Waals surface area (Å²) in [5.41, 5.74) is 2.46. The monoisotopic (exact) mass is 460 g/mol. The first-order valence-corrected chi connectivity index (χ1v) is 10.6. The predicted molar refractivity (Wildman–Crippen MR) is 120 cm³/mol. The highest BCUT2D eigenvalue weighted by molar-refractivity contribution is 5.71. The van der Waals surface area contributed by atoms with Crippen molar-refractivity contribution in [1.82, 2.24) is 4.90 Å². The quantitative estimate of drug-likeness (QED) is 0.584. The molecular formula is C26H21FN2O5. The first-order chi connectivity index (χ1) is 16.5. The van der Waals surface area contributed by atoms with Gasteiger partial charge in [-0.3, -0.25) is 4.90 Å². The third-order valence-electron chi connectivity index (χ3n) is 5.59. The van der Waals surface area contributed by atoms with Gasteiger partial charge in [-0.2, -0.15) is 5.26 Å². The van der Waals surface area contributed by atoms with E-state index < -0.39 is 30.5 Å². The van der Waals surface area contributed by atoms with E-state index in [4.69, 9.17) is 14.6 Å². The van der Waals surface area contributed by atoms with Crippen LogP contribution in [-0.2, 0) is 22.6 Å². The number of benzene rings is 3. The minimum absolute atomic E-state index is 0.0551. The minimum Gasteiger partial charge on any atom is -0.482 e. The lowest BCUT2D eigenvalue weighted by atomic mass is 9.87. The molecule has 1 atom stereocenters. The highest BCUT2D eigenvalue weighted by atomic mass is 19.1. The average Bonchev–Trinajstić information content (AvgIpc) is 2.86. The van der Waals surface area contributed by atoms with E-state index in [2.05, 4.69) is 0 Å². The summed E-state index contributed by atoms with van der Waals surface area (Å²) in [6, 6.07) is 19.5. The first kappa shape index (κ1) is 22.8. The Morgan fingerprint density at radius 1 is 1.09 bits per heavy atom. The molecule has 0 saturated carbocycles. The molecule has 0 saturated heterocycles. The fraction of sp³-hybridized carbons (Fsp3) is 0.192. The molecule has 0 aromatic heterocycles. The number of halogens is 1. The van der Waals surface area contributed by atoms with Crippen LogP contribution in [0.25, 0.3) is 0 Å². The van der Waals surface area contributed by atoms with Gasteiger partial charge in [0.05, 0.1) is 17.7 Å². The topological polar surface area (TPSA) is 99.9 Å². The lowest BCUT2D eigenvalue weighted by molar-refractivity contribution is -0.139. The van der Waals surface area contributed by atoms with E-state index in [1.807, 2.05) is 36.4 Å². The maximum Gasteiger partial charge on any atom is 0.410 e. The number of nitriles is 1. The van der Waals surface area contributed by atoms with Crippen LogP contribution in [0.5, 0.6) is 5.75 Å². The summed E-state index contributed by atoms with van der Waals surface area (Å²) in [5, 5.41) is 18.5. The maximum atomic E-state index is 14.7. The SMILES string of the molecule is N#Cc1ccc(OCC(=O)O)c(C2c3cccc(F)c3CCN2C(=O)OCc2ccccc2)c1. The van der Waals surface area contributed by atoms with E-state index in [0.717, 1.165) is 5.56 Å². The van der Waals surface area contributed by atoms with Crippen molar-refractivity contribution in [3.8, 4) is 11.8 Å². The van der Waals surface area contributed by atoms with Gasteiger partial charge in [-0.15, -0.1) is 0 Å². The van der Waals surface area contributed by atoms with Gasteiger partial charge >= 0.3 is 12.1 Å². The summed E-state index contributed by atoms with van der Waals surface area (Å²) in [5.74, 6) is -1.39. The summed E-state index contributed by atoms with van der Waals surface area (Å²) in [4.78, 5) is 25.8. The normalized spacial score (nSPS) is 14.6. The molecule has 0 spiro atoms. The molecule has 3 aromatic rings. The molecule has 7 nitrogen and oxygen atoms in total. The van der Waals surface area contributed by atoms with E-state index in [1.54, 1.807) is 12.1 Å². The summed E-state index contributed by atoms with van der Waals surface area (Å²) >= 11 is 0. The van der Waals surface area contributed by atoms with Crippen LogP contribution in [0.3, 0.4) is 0 Å². The second kappa shape index (κ2) is 10.0. The molecule has 8 heteroatoms. The van der Waals surface area contributed by atoms with Gasteiger partial charge in [0.2, 0.25) is 0 Å². The van der Waals surface area contributed by atoms with Crippen molar-refractivity contribution in [2.45, 2.75) is 19.1 Å². The van der Waals surface area contributed by atoms with E-state index in [9.17, 15) is 19.2 Å². The molecule has 0 radical (unpaired) electrons. The number of carbonyl (C=O) groups excluding carboxylic acids is 1. The van der Waals surface area contributed by atoms with Gasteiger partial charge in [0.25, 0.3) is 0 Å². The Hall–Kier alpha value is -4.38. The smallest absolute Gasteiger partial charge is 0.410 e. The van der Waals surface area contributed by atoms with Gasteiger partial charge < -0.3 is 14.6 Å². The predicted octanol–water partition coefficient (Wildman–Crippen LogP) is 4.45. The van der Waals surface area contributed by atoms with E-state index in [-0.39, 0.29) is 25.3 Å². The average molecular weight is 460 g/mol. The van der Waals surface area contributed by atoms with Gasteiger partial charge in [-0.25, -0.2) is 14.0 Å². The Balaban J connectivity index is 1.75. The second-order valence-electron chi connectivity index (χ2n) is 7.74. The molecule has 0 aliphatic carbocycles. The third-order valence-corrected chi connectivity index (χ3v) is 5.59. The van der Waals surface area contributed by atoms with E-state index in [1.165, 1.54) is 29.2 Å². The van der Waals surface area contributed by atoms with Crippen molar-refractivity contribution in [3.05, 3.63) is 100 Å². The Morgan fingerprint density at radius 3 is 2.62 bits per heavy atom. The summed E-state index contributed by atoms with van der Waals surface area (Å²) in [6.45, 7) is -0.388. The van der Waals surface area contributed by atoms with Crippen LogP contribution >= 0.6 is 0 Å². The van der Waals surface area contributed by atoms with Crippen LogP contribution < -0.4 is 4.74 Å². The van der Waals surface area contributed by atoms with Crippen LogP contribution in [0, 0.1) is 17.1 Å². The number of aliphatic carboxylic acids is 1. The molecule has 1 N–H and O–H groups in total. The molecule has 1 unspecified atom stereocenters. The molecule has 0 fully saturated rings. The Kier molecular flexibility index (Phi) is 6.74. The number of carboxylic acids is 1. The lowest BCUT2D eigenvalue weighted by Gasteiger charge is -2.37. The van der Waals surface area contributed by atoms with Crippen molar-refractivity contribution in [3.63, 3.8) is 0 Å². The number of carbonyl (C=O) groups is 2. The number of fused-ring (bicyclic) bond motifs is 1. The first-order valence-electron chi connectivity index (χ1n) is 10.6. The fourth-order valence-electron chi connectivity index (χ4n) is 4.06. The lowest BCUT2D eigenvalue weighted by Crippen LogP contribution is -2.41. The third kappa shape index (κ3) is 4.84. The molecule has 4 rings (SSSR count). The van der Waals surface area contributed by atoms with Gasteiger partial charge in [0.15, 0.2) is 6.61 Å². The zero-order valence-corrected chi connectivity index (χ0v) is 18.1. The standard InChI is InChI=1S/C26H21FN2O5/c27-22-8-4-7-20-19(22)11-12-29(26(32)34-15-17-5-2-1-3-6-17)25(20)21-13-18(14-28)9-10-23(21)33-16-24(30)31/h1-10,13,25H,11-12,15-16H2,(H,30,31). The van der Waals surface area contributed by atoms with Crippen LogP contribution in [0.4, 0.5) is 9.18 Å². The van der Waals surface area contributed by atoms with Crippen LogP contribution in [-0.4, -0.2) is 35.2 Å². The van der Waals surface area contributed by atoms with Gasteiger partial charge in [0.1, 0.15) is 18.2 Å². The minimum atomic E-state index is -1.18. The molecule has 3 aromatic carbocycles. The number of hydrogen-bond acceptors (Lipinski definition) is 5. The summed E-state index contributed by atoms with van der Waals surface area (Å²) < 4.78 is 25.7. The van der Waals surface area contributed by atoms with Crippen LogP contribution in [0.2, 0.25) is 0 Å². The molecule has 34 heavy (non-hydrogen) atoms. The molecule has 1 aliphatic heterocycles. The summed E-state index contributed by atoms with van der Waals surface area (Å²) in [7, 11) is 0. The largest absolute Gasteiger partial charge is 0.482 e. The molecule has 0 bridgehead atoms. The van der Waals surface area contributed by atoms with Crippen molar-refractivity contribution in [2.75, 3.05) is 13.2 Å². The number of rotatable bonds is 6. The van der Waals surface area contributed by atoms with Crippen LogP contribution in [0.1, 0.15) is 33.9 Å². The molecule has 172 valence electrons. The number of nitrogens with zero attached hydrogens (tertiary/aromatic N) is 2. The Morgan fingerprint density at radius 2 is 1.88 bits per heavy atom. The molecule has 1 aliphatic rings. The van der Waals surface area contributed by atoms with Gasteiger partial charge in [-0.05, 0) is 47.4 Å². The number of ether oxygens (including phenoxy) is 2. The van der Waals surface area contributed by atoms with Crippen molar-refractivity contribution < 1.29 is 28.6 Å². The van der Waals surface area contributed by atoms with Gasteiger partial charge in [-0.1, -0.05) is 42.5 Å².